The van der Waals surface area contributed by atoms with Crippen LogP contribution in [0.25, 0.3) is 0 Å². The molecule has 11 heteroatoms. The molecule has 0 amide bonds. The van der Waals surface area contributed by atoms with Crippen molar-refractivity contribution in [1.82, 2.24) is 0 Å². The van der Waals surface area contributed by atoms with Crippen molar-refractivity contribution < 1.29 is 21.7 Å². The molecule has 5 nitrogen and oxygen atoms in total. The molecule has 0 radical (unpaired) electrons. The molecule has 286 valence electrons. The minimum absolute atomic E-state index is 0.206. The van der Waals surface area contributed by atoms with Gasteiger partial charge in [-0.05, 0) is 74.2 Å². The molecule has 57 heavy (non-hydrogen) atoms. The van der Waals surface area contributed by atoms with E-state index in [1.807, 2.05) is 47.0 Å². The maximum absolute atomic E-state index is 6.93. The minimum Gasteiger partial charge on any atom is -0.351 e. The Balaban J connectivity index is 0.000000139. The van der Waals surface area contributed by atoms with Crippen LogP contribution in [0.4, 0.5) is 0 Å². The predicted molar refractivity (Wildman–Crippen MR) is 245 cm³/mol. The van der Waals surface area contributed by atoms with Crippen molar-refractivity contribution in [3.05, 3.63) is 153 Å². The normalized spacial score (nSPS) is 20.4. The maximum atomic E-state index is 6.93. The third kappa shape index (κ3) is 6.01. The molecule has 0 atom stereocenters. The zero-order chi connectivity index (χ0) is 39.5. The largest absolute Gasteiger partial charge is 0.506 e. The zero-order valence-electron chi connectivity index (χ0n) is 33.8. The summed E-state index contributed by atoms with van der Waals surface area (Å²) >= 11 is 8.05. The molecule has 2 spiro atoms. The molecule has 0 N–H and O–H groups in total. The first-order chi connectivity index (χ1) is 27.3. The number of benzene rings is 5. The summed E-state index contributed by atoms with van der Waals surface area (Å²) in [7, 11) is -4.19. The summed E-state index contributed by atoms with van der Waals surface area (Å²) in [4.78, 5) is 5.60. The first-order valence-corrected chi connectivity index (χ1v) is 28.7. The smallest absolute Gasteiger partial charge is 0.351 e. The Hall–Kier alpha value is -3.43. The molecule has 1 saturated heterocycles. The lowest BCUT2D eigenvalue weighted by atomic mass is 10.1. The molecule has 0 aliphatic carbocycles. The van der Waals surface area contributed by atoms with Gasteiger partial charge in [0.25, 0.3) is 0 Å². The van der Waals surface area contributed by atoms with Gasteiger partial charge in [0.2, 0.25) is 0 Å². The van der Waals surface area contributed by atoms with Crippen LogP contribution >= 0.6 is 47.0 Å². The Labute approximate surface area is 356 Å². The quantitative estimate of drug-likeness (QED) is 0.114. The summed E-state index contributed by atoms with van der Waals surface area (Å²) in [6, 6.07) is 35.5. The highest BCUT2D eigenvalue weighted by Crippen LogP contribution is 2.58. The highest BCUT2D eigenvalue weighted by atomic mass is 32.2. The van der Waals surface area contributed by atoms with Crippen LogP contribution in [0.2, 0.25) is 26.2 Å². The summed E-state index contributed by atoms with van der Waals surface area (Å²) in [5.41, 5.74) is 13.6. The van der Waals surface area contributed by atoms with E-state index in [1.54, 1.807) is 0 Å². The topological polar surface area (TPSA) is 21.3 Å². The lowest BCUT2D eigenvalue weighted by Crippen LogP contribution is -2.75. The maximum Gasteiger partial charge on any atom is 0.506 e. The third-order valence-electron chi connectivity index (χ3n) is 11.8. The Bertz CT molecular complexity index is 2520. The number of hydrogen-bond acceptors (Lipinski definition) is 5. The lowest BCUT2D eigenvalue weighted by molar-refractivity contribution is -0.772. The van der Waals surface area contributed by atoms with Gasteiger partial charge in [-0.2, -0.15) is 0 Å². The second kappa shape index (κ2) is 13.6. The summed E-state index contributed by atoms with van der Waals surface area (Å²) in [5, 5.41) is 0. The summed E-state index contributed by atoms with van der Waals surface area (Å²) < 4.78 is 16.8. The van der Waals surface area contributed by atoms with E-state index >= 15 is 0 Å². The van der Waals surface area contributed by atoms with Gasteiger partial charge in [0, 0.05) is 104 Å². The molecule has 0 saturated carbocycles. The average molecular weight is 857 g/mol. The lowest BCUT2D eigenvalue weighted by Gasteiger charge is -2.45. The van der Waals surface area contributed by atoms with Gasteiger partial charge in [0.05, 0.1) is 22.3 Å². The fraction of sp³-hybridized carbons (Fsp3) is 0.261. The Morgan fingerprint density at radius 3 is 1.14 bits per heavy atom. The van der Waals surface area contributed by atoms with E-state index in [4.69, 9.17) is 4.12 Å². The average Bonchev–Trinajstić information content (AvgIpc) is 3.30. The SMILES string of the molecule is Cc1cccc2c1SC13Sc4c(C)cccc4C=[N+]1Cc1ccccc1C[N+]3=C2.Cc1cccc2c1SC13Sc4c(C)cccc4C=[N+]1[Si](C)(C)O[Si](C)(C)[N+]3=C2. The van der Waals surface area contributed by atoms with E-state index in [1.165, 1.54) is 75.2 Å². The molecule has 1 fully saturated rings. The molecule has 6 aliphatic rings. The molecule has 5 aromatic rings. The third-order valence-corrected chi connectivity index (χ3v) is 26.5. The van der Waals surface area contributed by atoms with Crippen molar-refractivity contribution in [3.8, 4) is 0 Å². The van der Waals surface area contributed by atoms with Crippen LogP contribution in [0, 0.1) is 27.7 Å². The monoisotopic (exact) mass is 856 g/mol. The highest BCUT2D eigenvalue weighted by Gasteiger charge is 2.75. The van der Waals surface area contributed by atoms with Gasteiger partial charge in [-0.1, -0.05) is 72.8 Å². The number of hydrogen-bond donors (Lipinski definition) is 0. The first kappa shape index (κ1) is 37.8. The number of nitrogens with zero attached hydrogens (tertiary/aromatic N) is 4. The van der Waals surface area contributed by atoms with Gasteiger partial charge in [0.1, 0.15) is 0 Å². The van der Waals surface area contributed by atoms with E-state index in [2.05, 4.69) is 193 Å². The van der Waals surface area contributed by atoms with Crippen LogP contribution in [-0.2, 0) is 17.2 Å². The van der Waals surface area contributed by atoms with Crippen molar-refractivity contribution in [2.75, 3.05) is 0 Å². The van der Waals surface area contributed by atoms with Crippen molar-refractivity contribution >= 4 is 88.9 Å². The van der Waals surface area contributed by atoms with Crippen LogP contribution in [0.3, 0.4) is 0 Å². The standard InChI is InChI=1S/C25H22N2S2.C21H26N2OS2Si2/c1-17-7-5-11-21-15-26-13-19-9-3-4-10-20(19)14-27-16-22-12-6-8-18(2)24(22)29-25(26,27)28-23(17)21;1-15-9-7-11-17-13-22-21(25-19(15)17)23(28(5,6)24-27(22,3)4)14-18-12-8-10-16(2)20(18)26-21/h3-12,15-16H,13-14H2,1-2H3;7-14H,1-6H3/q2*+2. The summed E-state index contributed by atoms with van der Waals surface area (Å²) in [6.07, 6.45) is 9.54. The number of aryl methyl sites for hydroxylation is 4. The van der Waals surface area contributed by atoms with Crippen molar-refractivity contribution in [2.24, 2.45) is 0 Å². The number of rotatable bonds is 0. The van der Waals surface area contributed by atoms with Gasteiger partial charge < -0.3 is 4.12 Å². The van der Waals surface area contributed by atoms with E-state index in [0.717, 1.165) is 13.1 Å². The first-order valence-electron chi connectivity index (χ1n) is 19.7. The van der Waals surface area contributed by atoms with Crippen LogP contribution in [-0.4, -0.2) is 68.1 Å². The molecular weight excluding hydrogens is 809 g/mol. The van der Waals surface area contributed by atoms with Crippen molar-refractivity contribution in [3.63, 3.8) is 0 Å². The van der Waals surface area contributed by atoms with E-state index in [0.29, 0.717) is 0 Å². The van der Waals surface area contributed by atoms with Crippen LogP contribution < -0.4 is 0 Å². The summed E-state index contributed by atoms with van der Waals surface area (Å²) in [5.74, 6) is 0. The second-order valence-corrected chi connectivity index (χ2v) is 29.6. The molecule has 6 heterocycles. The fourth-order valence-corrected chi connectivity index (χ4v) is 26.4. The van der Waals surface area contributed by atoms with Gasteiger partial charge >= 0.3 is 25.6 Å². The molecule has 6 aliphatic heterocycles. The van der Waals surface area contributed by atoms with Crippen LogP contribution in [0.1, 0.15) is 55.6 Å². The Morgan fingerprint density at radius 1 is 0.439 bits per heavy atom. The van der Waals surface area contributed by atoms with E-state index < -0.39 is 17.0 Å². The zero-order valence-corrected chi connectivity index (χ0v) is 39.1. The number of fused-ring (bicyclic) bond motifs is 5. The minimum atomic E-state index is -2.09. The molecule has 0 bridgehead atoms. The number of thioether (sulfide) groups is 4. The van der Waals surface area contributed by atoms with Gasteiger partial charge in [-0.25, -0.2) is 8.48 Å². The molecule has 0 aromatic heterocycles. The second-order valence-electron chi connectivity index (χ2n) is 16.8. The Kier molecular flexibility index (Phi) is 8.99. The van der Waals surface area contributed by atoms with Crippen molar-refractivity contribution in [2.45, 2.75) is 95.2 Å². The van der Waals surface area contributed by atoms with Gasteiger partial charge in [0.15, 0.2) is 37.9 Å². The van der Waals surface area contributed by atoms with E-state index in [9.17, 15) is 0 Å². The molecule has 11 rings (SSSR count). The fourth-order valence-electron chi connectivity index (χ4n) is 9.12. The molecule has 0 unspecified atom stereocenters. The van der Waals surface area contributed by atoms with E-state index in [-0.39, 0.29) is 8.65 Å². The van der Waals surface area contributed by atoms with Crippen molar-refractivity contribution in [1.29, 1.82) is 0 Å². The van der Waals surface area contributed by atoms with Crippen LogP contribution in [0.15, 0.2) is 117 Å². The highest BCUT2D eigenvalue weighted by molar-refractivity contribution is 8.18. The summed E-state index contributed by atoms with van der Waals surface area (Å²) in [6.45, 7) is 20.2. The van der Waals surface area contributed by atoms with Gasteiger partial charge in [-0.15, -0.1) is 9.15 Å². The predicted octanol–water partition coefficient (Wildman–Crippen LogP) is 10.5. The Morgan fingerprint density at radius 2 is 0.772 bits per heavy atom. The van der Waals surface area contributed by atoms with Crippen LogP contribution in [0.5, 0.6) is 0 Å². The molecule has 5 aromatic carbocycles. The van der Waals surface area contributed by atoms with Gasteiger partial charge in [-0.3, -0.25) is 0 Å². The molecular formula is C46H48N4OS4Si2+4.